The molecule has 5 nitrogen and oxygen atoms in total. The van der Waals surface area contributed by atoms with E-state index >= 15 is 0 Å². The number of nitro groups is 1. The summed E-state index contributed by atoms with van der Waals surface area (Å²) in [4.78, 5) is 13.0. The fourth-order valence-corrected chi connectivity index (χ4v) is 2.92. The van der Waals surface area contributed by atoms with E-state index in [4.69, 9.17) is 5.73 Å². The van der Waals surface area contributed by atoms with Gasteiger partial charge in [0.1, 0.15) is 0 Å². The number of fused-ring (bicyclic) bond motifs is 1. The number of nitrogens with two attached hydrogens (primary N) is 1. The lowest BCUT2D eigenvalue weighted by Crippen LogP contribution is -2.29. The molecule has 0 radical (unpaired) electrons. The second kappa shape index (κ2) is 5.44. The molecule has 0 bridgehead atoms. The van der Waals surface area contributed by atoms with Gasteiger partial charge in [-0.15, -0.1) is 0 Å². The summed E-state index contributed by atoms with van der Waals surface area (Å²) in [7, 11) is 0. The maximum atomic E-state index is 11.1. The first-order valence-corrected chi connectivity index (χ1v) is 7.01. The summed E-state index contributed by atoms with van der Waals surface area (Å²) in [6, 6.07) is 12.8. The van der Waals surface area contributed by atoms with Gasteiger partial charge in [-0.05, 0) is 30.5 Å². The van der Waals surface area contributed by atoms with Crippen molar-refractivity contribution >= 4 is 17.1 Å². The summed E-state index contributed by atoms with van der Waals surface area (Å²) in [5, 5.41) is 11.1. The number of nitro benzene ring substituents is 1. The molecule has 0 unspecified atom stereocenters. The maximum Gasteiger partial charge on any atom is 0.274 e. The molecule has 108 valence electrons. The van der Waals surface area contributed by atoms with Gasteiger partial charge in [0, 0.05) is 36.1 Å². The van der Waals surface area contributed by atoms with E-state index in [-0.39, 0.29) is 10.6 Å². The molecule has 2 N–H and O–H groups in total. The molecule has 0 spiro atoms. The third-order valence-corrected chi connectivity index (χ3v) is 3.93. The quantitative estimate of drug-likeness (QED) is 0.533. The van der Waals surface area contributed by atoms with Crippen LogP contribution in [0.5, 0.6) is 0 Å². The van der Waals surface area contributed by atoms with Gasteiger partial charge in [-0.1, -0.05) is 24.3 Å². The largest absolute Gasteiger partial charge is 0.398 e. The molecule has 0 saturated heterocycles. The molecule has 0 aromatic heterocycles. The monoisotopic (exact) mass is 283 g/mol. The van der Waals surface area contributed by atoms with Gasteiger partial charge in [-0.3, -0.25) is 10.1 Å². The Labute approximate surface area is 123 Å². The molecular formula is C16H17N3O2. The molecule has 2 aromatic rings. The fraction of sp³-hybridized carbons (Fsp3) is 0.250. The van der Waals surface area contributed by atoms with Gasteiger partial charge in [0.25, 0.3) is 5.69 Å². The molecule has 1 heterocycles. The summed E-state index contributed by atoms with van der Waals surface area (Å²) in [6.45, 7) is 1.43. The van der Waals surface area contributed by atoms with E-state index in [1.165, 1.54) is 0 Å². The van der Waals surface area contributed by atoms with Crippen molar-refractivity contribution in [3.05, 3.63) is 63.7 Å². The Kier molecular flexibility index (Phi) is 3.48. The average Bonchev–Trinajstić information content (AvgIpc) is 2.49. The second-order valence-corrected chi connectivity index (χ2v) is 5.26. The number of hydrogen-bond acceptors (Lipinski definition) is 4. The van der Waals surface area contributed by atoms with Gasteiger partial charge in [0.05, 0.1) is 4.92 Å². The smallest absolute Gasteiger partial charge is 0.274 e. The first-order valence-electron chi connectivity index (χ1n) is 7.01. The lowest BCUT2D eigenvalue weighted by atomic mass is 9.99. The Balaban J connectivity index is 1.95. The van der Waals surface area contributed by atoms with Crippen LogP contribution in [-0.2, 0) is 13.0 Å². The number of nitrogens with zero attached hydrogens (tertiary/aromatic N) is 2. The molecule has 0 atom stereocenters. The van der Waals surface area contributed by atoms with Crippen molar-refractivity contribution in [2.75, 3.05) is 17.2 Å². The average molecular weight is 283 g/mol. The number of rotatable bonds is 3. The maximum absolute atomic E-state index is 11.1. The standard InChI is InChI=1S/C16H17N3O2/c17-14-7-3-9-16-13(14)6-4-10-18(16)11-12-5-1-2-8-15(12)19(20)21/h1-3,5,7-9H,4,6,10-11,17H2. The molecule has 0 fully saturated rings. The number of benzene rings is 2. The molecule has 5 heteroatoms. The molecule has 1 aliphatic heterocycles. The normalized spacial score (nSPS) is 13.8. The van der Waals surface area contributed by atoms with Crippen molar-refractivity contribution in [3.8, 4) is 0 Å². The highest BCUT2D eigenvalue weighted by Gasteiger charge is 2.21. The van der Waals surface area contributed by atoms with Crippen molar-refractivity contribution in [1.29, 1.82) is 0 Å². The highest BCUT2D eigenvalue weighted by molar-refractivity contribution is 5.66. The van der Waals surface area contributed by atoms with E-state index in [1.807, 2.05) is 30.3 Å². The van der Waals surface area contributed by atoms with Crippen LogP contribution in [0.15, 0.2) is 42.5 Å². The zero-order chi connectivity index (χ0) is 14.8. The summed E-state index contributed by atoms with van der Waals surface area (Å²) >= 11 is 0. The van der Waals surface area contributed by atoms with E-state index in [0.29, 0.717) is 6.54 Å². The minimum absolute atomic E-state index is 0.175. The Morgan fingerprint density at radius 2 is 2.00 bits per heavy atom. The number of hydrogen-bond donors (Lipinski definition) is 1. The molecule has 2 aromatic carbocycles. The second-order valence-electron chi connectivity index (χ2n) is 5.26. The minimum atomic E-state index is -0.320. The van der Waals surface area contributed by atoms with Gasteiger partial charge < -0.3 is 10.6 Å². The summed E-state index contributed by atoms with van der Waals surface area (Å²) in [5.41, 5.74) is 10.0. The first-order chi connectivity index (χ1) is 10.2. The molecule has 3 rings (SSSR count). The van der Waals surface area contributed by atoms with Crippen LogP contribution in [0, 0.1) is 10.1 Å². The predicted molar refractivity (Wildman–Crippen MR) is 83.3 cm³/mol. The van der Waals surface area contributed by atoms with Crippen LogP contribution in [0.1, 0.15) is 17.5 Å². The van der Waals surface area contributed by atoms with E-state index in [9.17, 15) is 10.1 Å². The summed E-state index contributed by atoms with van der Waals surface area (Å²) in [6.07, 6.45) is 1.98. The molecule has 21 heavy (non-hydrogen) atoms. The van der Waals surface area contributed by atoms with Crippen LogP contribution >= 0.6 is 0 Å². The number of nitrogen functional groups attached to an aromatic ring is 1. The zero-order valence-electron chi connectivity index (χ0n) is 11.7. The van der Waals surface area contributed by atoms with Gasteiger partial charge in [-0.2, -0.15) is 0 Å². The molecule has 0 aliphatic carbocycles. The third-order valence-electron chi connectivity index (χ3n) is 3.93. The molecule has 0 amide bonds. The number of para-hydroxylation sites is 1. The molecule has 1 aliphatic rings. The van der Waals surface area contributed by atoms with Gasteiger partial charge in [-0.25, -0.2) is 0 Å². The zero-order valence-corrected chi connectivity index (χ0v) is 11.7. The fourth-order valence-electron chi connectivity index (χ4n) is 2.92. The third kappa shape index (κ3) is 2.54. The molecule has 0 saturated carbocycles. The Hall–Kier alpha value is -2.56. The van der Waals surface area contributed by atoms with Crippen molar-refractivity contribution in [1.82, 2.24) is 0 Å². The van der Waals surface area contributed by atoms with Gasteiger partial charge in [0.2, 0.25) is 0 Å². The highest BCUT2D eigenvalue weighted by atomic mass is 16.6. The van der Waals surface area contributed by atoms with Crippen molar-refractivity contribution in [3.63, 3.8) is 0 Å². The number of anilines is 2. The van der Waals surface area contributed by atoms with Crippen LogP contribution in [0.4, 0.5) is 17.1 Å². The van der Waals surface area contributed by atoms with Gasteiger partial charge >= 0.3 is 0 Å². The van der Waals surface area contributed by atoms with Crippen molar-refractivity contribution < 1.29 is 4.92 Å². The highest BCUT2D eigenvalue weighted by Crippen LogP contribution is 2.33. The van der Waals surface area contributed by atoms with Crippen LogP contribution in [-0.4, -0.2) is 11.5 Å². The predicted octanol–water partition coefficient (Wildman–Crippen LogP) is 3.13. The van der Waals surface area contributed by atoms with Crippen molar-refractivity contribution in [2.24, 2.45) is 0 Å². The van der Waals surface area contributed by atoms with Crippen LogP contribution in [0.25, 0.3) is 0 Å². The Morgan fingerprint density at radius 1 is 1.19 bits per heavy atom. The van der Waals surface area contributed by atoms with Crippen LogP contribution < -0.4 is 10.6 Å². The minimum Gasteiger partial charge on any atom is -0.398 e. The summed E-state index contributed by atoms with van der Waals surface area (Å²) in [5.74, 6) is 0. The lowest BCUT2D eigenvalue weighted by Gasteiger charge is -2.32. The lowest BCUT2D eigenvalue weighted by molar-refractivity contribution is -0.385. The SMILES string of the molecule is Nc1cccc2c1CCCN2Cc1ccccc1[N+](=O)[O-]. The van der Waals surface area contributed by atoms with E-state index in [0.717, 1.165) is 41.9 Å². The topological polar surface area (TPSA) is 72.4 Å². The first kappa shape index (κ1) is 13.4. The van der Waals surface area contributed by atoms with Crippen LogP contribution in [0.2, 0.25) is 0 Å². The Bertz CT molecular complexity index is 685. The summed E-state index contributed by atoms with van der Waals surface area (Å²) < 4.78 is 0. The Morgan fingerprint density at radius 3 is 2.81 bits per heavy atom. The molecular weight excluding hydrogens is 266 g/mol. The van der Waals surface area contributed by atoms with E-state index in [2.05, 4.69) is 4.90 Å². The van der Waals surface area contributed by atoms with Crippen LogP contribution in [0.3, 0.4) is 0 Å². The van der Waals surface area contributed by atoms with Gasteiger partial charge in [0.15, 0.2) is 0 Å². The van der Waals surface area contributed by atoms with E-state index in [1.54, 1.807) is 12.1 Å². The van der Waals surface area contributed by atoms with Crippen molar-refractivity contribution in [2.45, 2.75) is 19.4 Å². The van der Waals surface area contributed by atoms with E-state index < -0.39 is 0 Å².